The fourth-order valence-corrected chi connectivity index (χ4v) is 2.52. The molecule has 0 aliphatic rings. The van der Waals surface area contributed by atoms with Gasteiger partial charge in [0.1, 0.15) is 5.82 Å². The van der Waals surface area contributed by atoms with Crippen LogP contribution in [0.25, 0.3) is 0 Å². The van der Waals surface area contributed by atoms with Crippen molar-refractivity contribution in [2.24, 2.45) is 0 Å². The zero-order valence-corrected chi connectivity index (χ0v) is 13.3. The molecule has 1 aromatic carbocycles. The van der Waals surface area contributed by atoms with Gasteiger partial charge in [0.2, 0.25) is 0 Å². The van der Waals surface area contributed by atoms with Crippen LogP contribution in [0.2, 0.25) is 5.02 Å². The second-order valence-electron chi connectivity index (χ2n) is 4.92. The Hall–Kier alpha value is -0.640. The molecule has 0 saturated carbocycles. The van der Waals surface area contributed by atoms with Gasteiger partial charge in [-0.05, 0) is 50.4 Å². The Bertz CT molecular complexity index is 400. The first-order valence-corrected chi connectivity index (χ1v) is 7.79. The van der Waals surface area contributed by atoms with E-state index in [1.54, 1.807) is 12.1 Å². The summed E-state index contributed by atoms with van der Waals surface area (Å²) >= 11 is 5.85. The first kappa shape index (κ1) is 17.4. The first-order chi connectivity index (χ1) is 9.62. The van der Waals surface area contributed by atoms with Gasteiger partial charge in [0.05, 0.1) is 11.1 Å². The molecule has 2 nitrogen and oxygen atoms in total. The molecule has 0 aromatic heterocycles. The van der Waals surface area contributed by atoms with Gasteiger partial charge in [-0.25, -0.2) is 4.39 Å². The van der Waals surface area contributed by atoms with Gasteiger partial charge in [0, 0.05) is 12.6 Å². The van der Waals surface area contributed by atoms with E-state index in [4.69, 9.17) is 16.3 Å². The Labute approximate surface area is 126 Å². The van der Waals surface area contributed by atoms with Crippen LogP contribution in [0.3, 0.4) is 0 Å². The van der Waals surface area contributed by atoms with Crippen molar-refractivity contribution in [2.45, 2.75) is 52.2 Å². The summed E-state index contributed by atoms with van der Waals surface area (Å²) in [5.74, 6) is -0.370. The predicted molar refractivity (Wildman–Crippen MR) is 82.9 cm³/mol. The fourth-order valence-electron chi connectivity index (χ4n) is 2.32. The number of hydrogen-bond donors (Lipinski definition) is 1. The van der Waals surface area contributed by atoms with Gasteiger partial charge in [-0.3, -0.25) is 0 Å². The number of benzene rings is 1. The van der Waals surface area contributed by atoms with Gasteiger partial charge in [-0.15, -0.1) is 0 Å². The topological polar surface area (TPSA) is 21.3 Å². The predicted octanol–water partition coefficient (Wildman–Crippen LogP) is 4.20. The second kappa shape index (κ2) is 9.32. The van der Waals surface area contributed by atoms with Crippen molar-refractivity contribution in [3.63, 3.8) is 0 Å². The monoisotopic (exact) mass is 301 g/mol. The summed E-state index contributed by atoms with van der Waals surface area (Å²) in [7, 11) is 0. The van der Waals surface area contributed by atoms with Gasteiger partial charge < -0.3 is 10.1 Å². The molecule has 4 heteroatoms. The molecule has 0 aliphatic heterocycles. The van der Waals surface area contributed by atoms with E-state index in [2.05, 4.69) is 19.2 Å². The van der Waals surface area contributed by atoms with Crippen molar-refractivity contribution >= 4 is 11.6 Å². The lowest BCUT2D eigenvalue weighted by Crippen LogP contribution is -2.43. The Balaban J connectivity index is 2.78. The van der Waals surface area contributed by atoms with Crippen molar-refractivity contribution in [3.05, 3.63) is 34.6 Å². The molecular formula is C16H25ClFNO. The van der Waals surface area contributed by atoms with Crippen LogP contribution in [0, 0.1) is 5.82 Å². The molecule has 2 atom stereocenters. The summed E-state index contributed by atoms with van der Waals surface area (Å²) in [6.07, 6.45) is 2.97. The fraction of sp³-hybridized carbons (Fsp3) is 0.625. The normalized spacial score (nSPS) is 14.2. The standard InChI is InChI=1S/C16H25ClFNO/c1-4-9-19-15(16(5-2)20-6-3)11-12-7-8-14(18)13(17)10-12/h7-8,10,15-16,19H,4-6,9,11H2,1-3H3. The number of nitrogens with one attached hydrogen (secondary N) is 1. The van der Waals surface area contributed by atoms with Gasteiger partial charge >= 0.3 is 0 Å². The van der Waals surface area contributed by atoms with Gasteiger partial charge in [-0.1, -0.05) is 31.5 Å². The molecule has 20 heavy (non-hydrogen) atoms. The van der Waals surface area contributed by atoms with Crippen molar-refractivity contribution < 1.29 is 9.13 Å². The molecule has 0 spiro atoms. The molecular weight excluding hydrogens is 277 g/mol. The molecule has 0 fully saturated rings. The Morgan fingerprint density at radius 1 is 1.30 bits per heavy atom. The molecule has 1 N–H and O–H groups in total. The van der Waals surface area contributed by atoms with E-state index in [0.717, 1.165) is 31.4 Å². The summed E-state index contributed by atoms with van der Waals surface area (Å²) < 4.78 is 19.0. The molecule has 1 aromatic rings. The van der Waals surface area contributed by atoms with Crippen molar-refractivity contribution in [1.82, 2.24) is 5.32 Å². The van der Waals surface area contributed by atoms with Crippen LogP contribution in [0.1, 0.15) is 39.2 Å². The Morgan fingerprint density at radius 2 is 2.05 bits per heavy atom. The van der Waals surface area contributed by atoms with E-state index in [9.17, 15) is 4.39 Å². The number of rotatable bonds is 9. The number of hydrogen-bond acceptors (Lipinski definition) is 2. The third-order valence-electron chi connectivity index (χ3n) is 3.33. The lowest BCUT2D eigenvalue weighted by molar-refractivity contribution is 0.0319. The maximum atomic E-state index is 13.2. The molecule has 0 radical (unpaired) electrons. The van der Waals surface area contributed by atoms with E-state index in [0.29, 0.717) is 6.61 Å². The maximum Gasteiger partial charge on any atom is 0.141 e. The van der Waals surface area contributed by atoms with Crippen LogP contribution in [0.15, 0.2) is 18.2 Å². The quantitative estimate of drug-likeness (QED) is 0.738. The first-order valence-electron chi connectivity index (χ1n) is 7.41. The van der Waals surface area contributed by atoms with Crippen LogP contribution < -0.4 is 5.32 Å². The molecule has 2 unspecified atom stereocenters. The Kier molecular flexibility index (Phi) is 8.12. The second-order valence-corrected chi connectivity index (χ2v) is 5.32. The molecule has 0 amide bonds. The minimum Gasteiger partial charge on any atom is -0.377 e. The van der Waals surface area contributed by atoms with Gasteiger partial charge in [0.25, 0.3) is 0 Å². The molecule has 114 valence electrons. The third kappa shape index (κ3) is 5.39. The maximum absolute atomic E-state index is 13.2. The van der Waals surface area contributed by atoms with Crippen LogP contribution >= 0.6 is 11.6 Å². The van der Waals surface area contributed by atoms with Gasteiger partial charge in [0.15, 0.2) is 0 Å². The van der Waals surface area contributed by atoms with E-state index >= 15 is 0 Å². The average Bonchev–Trinajstić information content (AvgIpc) is 2.45. The van der Waals surface area contributed by atoms with Gasteiger partial charge in [-0.2, -0.15) is 0 Å². The lowest BCUT2D eigenvalue weighted by Gasteiger charge is -2.27. The highest BCUT2D eigenvalue weighted by molar-refractivity contribution is 6.30. The third-order valence-corrected chi connectivity index (χ3v) is 3.62. The summed E-state index contributed by atoms with van der Waals surface area (Å²) in [4.78, 5) is 0. The largest absolute Gasteiger partial charge is 0.377 e. The molecule has 1 rings (SSSR count). The molecule has 0 heterocycles. The van der Waals surface area contributed by atoms with Crippen molar-refractivity contribution in [3.8, 4) is 0 Å². The van der Waals surface area contributed by atoms with E-state index < -0.39 is 0 Å². The summed E-state index contributed by atoms with van der Waals surface area (Å²) in [6, 6.07) is 5.15. The van der Waals surface area contributed by atoms with Crippen LogP contribution in [-0.4, -0.2) is 25.3 Å². The summed E-state index contributed by atoms with van der Waals surface area (Å²) in [6.45, 7) is 7.92. The molecule has 0 aliphatic carbocycles. The smallest absolute Gasteiger partial charge is 0.141 e. The van der Waals surface area contributed by atoms with Crippen LogP contribution in [0.5, 0.6) is 0 Å². The summed E-state index contributed by atoms with van der Waals surface area (Å²) in [5.41, 5.74) is 1.03. The lowest BCUT2D eigenvalue weighted by atomic mass is 9.99. The van der Waals surface area contributed by atoms with Crippen LogP contribution in [0.4, 0.5) is 4.39 Å². The Morgan fingerprint density at radius 3 is 2.60 bits per heavy atom. The van der Waals surface area contributed by atoms with Crippen molar-refractivity contribution in [2.75, 3.05) is 13.2 Å². The van der Waals surface area contributed by atoms with E-state index in [1.165, 1.54) is 6.07 Å². The highest BCUT2D eigenvalue weighted by Crippen LogP contribution is 2.19. The zero-order chi connectivity index (χ0) is 15.0. The van der Waals surface area contributed by atoms with E-state index in [-0.39, 0.29) is 23.0 Å². The summed E-state index contributed by atoms with van der Waals surface area (Å²) in [5, 5.41) is 3.71. The highest BCUT2D eigenvalue weighted by atomic mass is 35.5. The number of ether oxygens (including phenoxy) is 1. The minimum atomic E-state index is -0.370. The minimum absolute atomic E-state index is 0.162. The molecule has 0 saturated heterocycles. The SMILES string of the molecule is CCCNC(Cc1ccc(F)c(Cl)c1)C(CC)OCC. The highest BCUT2D eigenvalue weighted by Gasteiger charge is 2.20. The molecule has 0 bridgehead atoms. The van der Waals surface area contributed by atoms with Crippen LogP contribution in [-0.2, 0) is 11.2 Å². The number of halogens is 2. The average molecular weight is 302 g/mol. The zero-order valence-electron chi connectivity index (χ0n) is 12.6. The van der Waals surface area contributed by atoms with Crippen molar-refractivity contribution in [1.29, 1.82) is 0 Å². The van der Waals surface area contributed by atoms with E-state index in [1.807, 2.05) is 6.92 Å².